The van der Waals surface area contributed by atoms with Gasteiger partial charge in [0.15, 0.2) is 0 Å². The van der Waals surface area contributed by atoms with Gasteiger partial charge in [0.25, 0.3) is 0 Å². The Morgan fingerprint density at radius 2 is 1.65 bits per heavy atom. The predicted molar refractivity (Wildman–Crippen MR) is 89.3 cm³/mol. The minimum Gasteiger partial charge on any atom is -0.370 e. The second-order valence-corrected chi connectivity index (χ2v) is 7.37. The highest BCUT2D eigenvalue weighted by Crippen LogP contribution is 2.20. The minimum absolute atomic E-state index is 0.0230. The van der Waals surface area contributed by atoms with Crippen LogP contribution >= 0.6 is 11.6 Å². The molecule has 0 aliphatic heterocycles. The first-order chi connectivity index (χ1) is 10.9. The summed E-state index contributed by atoms with van der Waals surface area (Å²) < 4.78 is 26.8. The fourth-order valence-corrected chi connectivity index (χ4v) is 3.62. The summed E-state index contributed by atoms with van der Waals surface area (Å²) in [6.07, 6.45) is -0.0420. The van der Waals surface area contributed by atoms with Crippen LogP contribution in [0, 0.1) is 0 Å². The van der Waals surface area contributed by atoms with E-state index >= 15 is 0 Å². The smallest absolute Gasteiger partial charge is 0.243 e. The first-order valence-corrected chi connectivity index (χ1v) is 8.79. The molecule has 0 fully saturated rings. The van der Waals surface area contributed by atoms with Crippen LogP contribution in [-0.4, -0.2) is 25.2 Å². The van der Waals surface area contributed by atoms with Gasteiger partial charge in [-0.25, -0.2) is 8.42 Å². The SMILES string of the molecule is NC(=O)CCN(Cc1ccccc1)S(=O)(=O)c1ccc(Cl)cc1. The average molecular weight is 353 g/mol. The van der Waals surface area contributed by atoms with Crippen molar-refractivity contribution in [2.75, 3.05) is 6.54 Å². The Hall–Kier alpha value is -1.89. The monoisotopic (exact) mass is 352 g/mol. The molecule has 7 heteroatoms. The third-order valence-electron chi connectivity index (χ3n) is 3.26. The zero-order valence-corrected chi connectivity index (χ0v) is 13.9. The molecule has 0 unspecified atom stereocenters. The van der Waals surface area contributed by atoms with Gasteiger partial charge in [-0.2, -0.15) is 4.31 Å². The predicted octanol–water partition coefficient (Wildman–Crippen LogP) is 2.41. The number of nitrogens with two attached hydrogens (primary N) is 1. The van der Waals surface area contributed by atoms with Crippen LogP contribution in [-0.2, 0) is 21.4 Å². The normalized spacial score (nSPS) is 11.6. The zero-order chi connectivity index (χ0) is 16.9. The number of primary amides is 1. The number of rotatable bonds is 7. The molecule has 2 aromatic carbocycles. The number of amides is 1. The van der Waals surface area contributed by atoms with Gasteiger partial charge in [0, 0.05) is 24.5 Å². The van der Waals surface area contributed by atoms with E-state index in [0.717, 1.165) is 5.56 Å². The van der Waals surface area contributed by atoms with E-state index < -0.39 is 15.9 Å². The third kappa shape index (κ3) is 4.79. The Kier molecular flexibility index (Phi) is 5.76. The first-order valence-electron chi connectivity index (χ1n) is 6.97. The molecular weight excluding hydrogens is 336 g/mol. The Morgan fingerprint density at radius 3 is 2.22 bits per heavy atom. The number of benzene rings is 2. The van der Waals surface area contributed by atoms with E-state index in [-0.39, 0.29) is 24.4 Å². The Balaban J connectivity index is 2.31. The molecule has 0 bridgehead atoms. The molecule has 0 saturated carbocycles. The van der Waals surface area contributed by atoms with Crippen molar-refractivity contribution in [2.24, 2.45) is 5.73 Å². The number of halogens is 1. The van der Waals surface area contributed by atoms with E-state index in [9.17, 15) is 13.2 Å². The molecule has 0 radical (unpaired) electrons. The average Bonchev–Trinajstić information content (AvgIpc) is 2.52. The van der Waals surface area contributed by atoms with Crippen molar-refractivity contribution >= 4 is 27.5 Å². The van der Waals surface area contributed by atoms with Crippen molar-refractivity contribution in [1.82, 2.24) is 4.31 Å². The summed E-state index contributed by atoms with van der Waals surface area (Å²) in [5.41, 5.74) is 5.99. The second kappa shape index (κ2) is 7.59. The number of carbonyl (C=O) groups is 1. The van der Waals surface area contributed by atoms with Crippen LogP contribution in [0.5, 0.6) is 0 Å². The lowest BCUT2D eigenvalue weighted by Crippen LogP contribution is -2.33. The molecule has 122 valence electrons. The molecule has 23 heavy (non-hydrogen) atoms. The highest BCUT2D eigenvalue weighted by molar-refractivity contribution is 7.89. The quantitative estimate of drug-likeness (QED) is 0.830. The van der Waals surface area contributed by atoms with Gasteiger partial charge in [0.05, 0.1) is 4.90 Å². The Morgan fingerprint density at radius 1 is 1.04 bits per heavy atom. The van der Waals surface area contributed by atoms with E-state index in [1.807, 2.05) is 30.3 Å². The van der Waals surface area contributed by atoms with Crippen LogP contribution < -0.4 is 5.73 Å². The molecular formula is C16H17ClN2O3S. The molecule has 0 aromatic heterocycles. The van der Waals surface area contributed by atoms with Crippen LogP contribution in [0.4, 0.5) is 0 Å². The van der Waals surface area contributed by atoms with Crippen molar-refractivity contribution < 1.29 is 13.2 Å². The lowest BCUT2D eigenvalue weighted by atomic mass is 10.2. The highest BCUT2D eigenvalue weighted by atomic mass is 35.5. The summed E-state index contributed by atoms with van der Waals surface area (Å²) >= 11 is 5.80. The molecule has 1 amide bonds. The van der Waals surface area contributed by atoms with Gasteiger partial charge < -0.3 is 5.73 Å². The van der Waals surface area contributed by atoms with Crippen LogP contribution in [0.25, 0.3) is 0 Å². The molecule has 2 aromatic rings. The second-order valence-electron chi connectivity index (χ2n) is 4.99. The van der Waals surface area contributed by atoms with E-state index in [1.54, 1.807) is 0 Å². The Bertz CT molecular complexity index is 762. The van der Waals surface area contributed by atoms with E-state index in [0.29, 0.717) is 5.02 Å². The number of hydrogen-bond donors (Lipinski definition) is 1. The molecule has 0 aliphatic carbocycles. The largest absolute Gasteiger partial charge is 0.370 e. The molecule has 0 spiro atoms. The lowest BCUT2D eigenvalue weighted by Gasteiger charge is -2.22. The molecule has 0 aliphatic rings. The first kappa shape index (κ1) is 17.5. The maximum absolute atomic E-state index is 12.8. The van der Waals surface area contributed by atoms with Gasteiger partial charge in [-0.3, -0.25) is 4.79 Å². The number of sulfonamides is 1. The summed E-state index contributed by atoms with van der Waals surface area (Å²) in [6.45, 7) is 0.189. The van der Waals surface area contributed by atoms with Crippen LogP contribution in [0.2, 0.25) is 5.02 Å². The van der Waals surface area contributed by atoms with Crippen molar-refractivity contribution in [3.05, 3.63) is 65.2 Å². The minimum atomic E-state index is -3.74. The van der Waals surface area contributed by atoms with Gasteiger partial charge in [-0.15, -0.1) is 0 Å². The topological polar surface area (TPSA) is 80.5 Å². The Labute approximate surface area is 140 Å². The van der Waals surface area contributed by atoms with Crippen LogP contribution in [0.15, 0.2) is 59.5 Å². The van der Waals surface area contributed by atoms with E-state index in [4.69, 9.17) is 17.3 Å². The van der Waals surface area contributed by atoms with Crippen molar-refractivity contribution in [2.45, 2.75) is 17.9 Å². The highest BCUT2D eigenvalue weighted by Gasteiger charge is 2.24. The molecule has 2 N–H and O–H groups in total. The lowest BCUT2D eigenvalue weighted by molar-refractivity contribution is -0.118. The fourth-order valence-electron chi connectivity index (χ4n) is 2.06. The van der Waals surface area contributed by atoms with Gasteiger partial charge in [-0.05, 0) is 29.8 Å². The molecule has 0 atom stereocenters. The third-order valence-corrected chi connectivity index (χ3v) is 5.37. The van der Waals surface area contributed by atoms with Gasteiger partial charge in [-0.1, -0.05) is 41.9 Å². The summed E-state index contributed by atoms with van der Waals surface area (Å²) in [6, 6.07) is 15.1. The molecule has 0 saturated heterocycles. The number of nitrogens with zero attached hydrogens (tertiary/aromatic N) is 1. The maximum Gasteiger partial charge on any atom is 0.243 e. The summed E-state index contributed by atoms with van der Waals surface area (Å²) in [5, 5.41) is 0.454. The summed E-state index contributed by atoms with van der Waals surface area (Å²) in [5.74, 6) is -0.547. The van der Waals surface area contributed by atoms with Gasteiger partial charge >= 0.3 is 0 Å². The summed E-state index contributed by atoms with van der Waals surface area (Å²) in [7, 11) is -3.74. The van der Waals surface area contributed by atoms with Crippen molar-refractivity contribution in [1.29, 1.82) is 0 Å². The van der Waals surface area contributed by atoms with Crippen LogP contribution in [0.3, 0.4) is 0 Å². The van der Waals surface area contributed by atoms with E-state index in [2.05, 4.69) is 0 Å². The fraction of sp³-hybridized carbons (Fsp3) is 0.188. The van der Waals surface area contributed by atoms with E-state index in [1.165, 1.54) is 28.6 Å². The van der Waals surface area contributed by atoms with Gasteiger partial charge in [0.2, 0.25) is 15.9 Å². The molecule has 0 heterocycles. The zero-order valence-electron chi connectivity index (χ0n) is 12.4. The number of carbonyl (C=O) groups excluding carboxylic acids is 1. The van der Waals surface area contributed by atoms with Crippen molar-refractivity contribution in [3.8, 4) is 0 Å². The van der Waals surface area contributed by atoms with Crippen LogP contribution in [0.1, 0.15) is 12.0 Å². The number of hydrogen-bond acceptors (Lipinski definition) is 3. The standard InChI is InChI=1S/C16H17ClN2O3S/c17-14-6-8-15(9-7-14)23(21,22)19(11-10-16(18)20)12-13-4-2-1-3-5-13/h1-9H,10-12H2,(H2,18,20). The van der Waals surface area contributed by atoms with Gasteiger partial charge in [0.1, 0.15) is 0 Å². The maximum atomic E-state index is 12.8. The summed E-state index contributed by atoms with van der Waals surface area (Å²) in [4.78, 5) is 11.2. The van der Waals surface area contributed by atoms with Crippen molar-refractivity contribution in [3.63, 3.8) is 0 Å². The molecule has 5 nitrogen and oxygen atoms in total. The molecule has 2 rings (SSSR count).